The second-order valence-corrected chi connectivity index (χ2v) is 9.84. The van der Waals surface area contributed by atoms with E-state index in [2.05, 4.69) is 28.2 Å². The van der Waals surface area contributed by atoms with Crippen molar-refractivity contribution in [3.8, 4) is 0 Å². The van der Waals surface area contributed by atoms with Gasteiger partial charge in [-0.15, -0.1) is 0 Å². The lowest BCUT2D eigenvalue weighted by atomic mass is 10.1. The Morgan fingerprint density at radius 3 is 1.09 bits per heavy atom. The Kier molecular flexibility index (Phi) is 9.49. The van der Waals surface area contributed by atoms with Crippen LogP contribution in [0.15, 0.2) is 48.5 Å². The predicted octanol–water partition coefficient (Wildman–Crippen LogP) is 6.07. The molecule has 2 rings (SSSR count). The fourth-order valence-electron chi connectivity index (χ4n) is 4.11. The van der Waals surface area contributed by atoms with Crippen LogP contribution in [0.2, 0.25) is 0 Å². The number of nitro benzene ring substituents is 2. The number of nitrogens with zero attached hydrogens (tertiary/aromatic N) is 4. The van der Waals surface area contributed by atoms with E-state index in [1.165, 1.54) is 32.1 Å². The van der Waals surface area contributed by atoms with Gasteiger partial charge in [0.15, 0.2) is 0 Å². The van der Waals surface area contributed by atoms with Crippen LogP contribution < -0.4 is 8.97 Å². The Balaban J connectivity index is 1.60. The molecule has 0 aliphatic carbocycles. The van der Waals surface area contributed by atoms with Gasteiger partial charge in [0, 0.05) is 48.5 Å². The largest absolute Gasteiger partial charge is 0.296 e. The fourth-order valence-corrected chi connectivity index (χ4v) is 4.11. The first-order chi connectivity index (χ1) is 15.5. The number of unbranched alkanes of at least 4 members (excludes halogenated alkanes) is 6. The van der Waals surface area contributed by atoms with Crippen LogP contribution >= 0.6 is 0 Å². The molecular formula is C25H38N4O4+2. The van der Waals surface area contributed by atoms with Crippen molar-refractivity contribution in [3.05, 3.63) is 68.8 Å². The third-order valence-electron chi connectivity index (χ3n) is 6.45. The number of rotatable bonds is 14. The lowest BCUT2D eigenvalue weighted by molar-refractivity contribution is -0.385. The number of benzene rings is 2. The summed E-state index contributed by atoms with van der Waals surface area (Å²) in [7, 11) is 8.58. The van der Waals surface area contributed by atoms with Crippen LogP contribution in [0.3, 0.4) is 0 Å². The van der Waals surface area contributed by atoms with Gasteiger partial charge in [-0.2, -0.15) is 0 Å². The highest BCUT2D eigenvalue weighted by Gasteiger charge is 2.20. The molecule has 180 valence electrons. The van der Waals surface area contributed by atoms with Crippen LogP contribution in [0.5, 0.6) is 0 Å². The highest BCUT2D eigenvalue weighted by Crippen LogP contribution is 2.25. The molecule has 2 aromatic carbocycles. The van der Waals surface area contributed by atoms with Gasteiger partial charge >= 0.3 is 0 Å². The van der Waals surface area contributed by atoms with Gasteiger partial charge in [-0.3, -0.25) is 29.2 Å². The maximum Gasteiger partial charge on any atom is 0.269 e. The summed E-state index contributed by atoms with van der Waals surface area (Å²) in [5, 5.41) is 21.6. The molecule has 0 aromatic heterocycles. The molecule has 0 atom stereocenters. The van der Waals surface area contributed by atoms with Crippen LogP contribution in [0.25, 0.3) is 0 Å². The summed E-state index contributed by atoms with van der Waals surface area (Å²) in [5.41, 5.74) is 2.45. The van der Waals surface area contributed by atoms with E-state index in [1.54, 1.807) is 24.3 Å². The summed E-state index contributed by atoms with van der Waals surface area (Å²) < 4.78 is 1.46. The highest BCUT2D eigenvalue weighted by molar-refractivity contribution is 5.48. The van der Waals surface area contributed by atoms with Crippen molar-refractivity contribution in [1.29, 1.82) is 0 Å². The summed E-state index contributed by atoms with van der Waals surface area (Å²) in [4.78, 5) is 20.9. The Bertz CT molecular complexity index is 834. The van der Waals surface area contributed by atoms with Crippen molar-refractivity contribution in [2.24, 2.45) is 0 Å². The minimum absolute atomic E-state index is 0.133. The maximum absolute atomic E-state index is 10.8. The third-order valence-corrected chi connectivity index (χ3v) is 6.45. The van der Waals surface area contributed by atoms with E-state index >= 15 is 0 Å². The van der Waals surface area contributed by atoms with Crippen LogP contribution in [0.1, 0.15) is 44.9 Å². The van der Waals surface area contributed by atoms with E-state index in [0.29, 0.717) is 0 Å². The number of hydrogen-bond donors (Lipinski definition) is 0. The Morgan fingerprint density at radius 1 is 0.545 bits per heavy atom. The molecule has 8 heteroatoms. The summed E-state index contributed by atoms with van der Waals surface area (Å²) in [6.07, 6.45) is 8.33. The topological polar surface area (TPSA) is 86.3 Å². The monoisotopic (exact) mass is 458 g/mol. The number of quaternary nitrogens is 2. The smallest absolute Gasteiger partial charge is 0.269 e. The SMILES string of the molecule is C[N+](C)(CCCCCCCCC[N+](C)(C)c1ccc([N+](=O)[O-])cc1)c1ccc([N+](=O)[O-])cc1. The zero-order valence-corrected chi connectivity index (χ0v) is 20.4. The van der Waals surface area contributed by atoms with Gasteiger partial charge in [0.25, 0.3) is 11.4 Å². The molecule has 33 heavy (non-hydrogen) atoms. The van der Waals surface area contributed by atoms with Crippen LogP contribution in [-0.2, 0) is 0 Å². The van der Waals surface area contributed by atoms with Crippen molar-refractivity contribution in [1.82, 2.24) is 8.97 Å². The second kappa shape index (κ2) is 11.9. The standard InChI is InChI=1S/C25H38N4O4/c1-28(2,24-16-12-22(13-17-24)26(30)31)20-10-8-6-5-7-9-11-21-29(3,4)25-18-14-23(15-19-25)27(32)33/h12-19H,5-11,20-21H2,1-4H3/q+2. The zero-order chi connectivity index (χ0) is 24.5. The van der Waals surface area contributed by atoms with Crippen LogP contribution in [0, 0.1) is 20.2 Å². The molecule has 0 spiro atoms. The minimum atomic E-state index is -0.362. The highest BCUT2D eigenvalue weighted by atomic mass is 16.6. The molecule has 0 unspecified atom stereocenters. The Hall–Kier alpha value is -2.84. The molecule has 0 heterocycles. The fraction of sp³-hybridized carbons (Fsp3) is 0.520. The molecule has 0 saturated heterocycles. The first-order valence-electron chi connectivity index (χ1n) is 11.7. The molecule has 0 bridgehead atoms. The maximum atomic E-state index is 10.8. The number of non-ortho nitro benzene ring substituents is 2. The van der Waals surface area contributed by atoms with Gasteiger partial charge in [-0.1, -0.05) is 19.3 Å². The van der Waals surface area contributed by atoms with Gasteiger partial charge in [-0.25, -0.2) is 0 Å². The molecule has 0 amide bonds. The molecular weight excluding hydrogens is 420 g/mol. The van der Waals surface area contributed by atoms with Crippen LogP contribution in [0.4, 0.5) is 22.7 Å². The number of hydrogen-bond acceptors (Lipinski definition) is 4. The second-order valence-electron chi connectivity index (χ2n) is 9.84. The molecule has 0 aliphatic rings. The van der Waals surface area contributed by atoms with Crippen molar-refractivity contribution in [2.45, 2.75) is 44.9 Å². The van der Waals surface area contributed by atoms with Gasteiger partial charge in [-0.05, 0) is 25.7 Å². The van der Waals surface area contributed by atoms with Gasteiger partial charge in [0.2, 0.25) is 0 Å². The minimum Gasteiger partial charge on any atom is -0.296 e. The van der Waals surface area contributed by atoms with Crippen molar-refractivity contribution < 1.29 is 9.85 Å². The van der Waals surface area contributed by atoms with Crippen molar-refractivity contribution in [2.75, 3.05) is 41.3 Å². The summed E-state index contributed by atoms with van der Waals surface area (Å²) in [6, 6.07) is 13.7. The van der Waals surface area contributed by atoms with E-state index in [1.807, 2.05) is 24.3 Å². The first-order valence-corrected chi connectivity index (χ1v) is 11.7. The quantitative estimate of drug-likeness (QED) is 0.149. The Morgan fingerprint density at radius 2 is 0.818 bits per heavy atom. The molecule has 0 saturated carbocycles. The lowest BCUT2D eigenvalue weighted by Gasteiger charge is -2.29. The molecule has 0 aliphatic heterocycles. The van der Waals surface area contributed by atoms with E-state index in [4.69, 9.17) is 0 Å². The van der Waals surface area contributed by atoms with Gasteiger partial charge in [0.05, 0.1) is 51.1 Å². The summed E-state index contributed by atoms with van der Waals surface area (Å²) in [5.74, 6) is 0. The summed E-state index contributed by atoms with van der Waals surface area (Å²) in [6.45, 7) is 2.03. The molecule has 0 N–H and O–H groups in total. The molecule has 2 aromatic rings. The molecule has 0 fully saturated rings. The number of nitro groups is 2. The molecule has 8 nitrogen and oxygen atoms in total. The van der Waals surface area contributed by atoms with Gasteiger partial charge in [0.1, 0.15) is 11.4 Å². The van der Waals surface area contributed by atoms with E-state index in [-0.39, 0.29) is 21.2 Å². The zero-order valence-electron chi connectivity index (χ0n) is 20.4. The van der Waals surface area contributed by atoms with E-state index in [9.17, 15) is 20.2 Å². The van der Waals surface area contributed by atoms with Crippen molar-refractivity contribution >= 4 is 22.7 Å². The normalized spacial score (nSPS) is 12.0. The lowest BCUT2D eigenvalue weighted by Crippen LogP contribution is -2.41. The Labute approximate surface area is 196 Å². The van der Waals surface area contributed by atoms with Gasteiger partial charge < -0.3 is 0 Å². The van der Waals surface area contributed by atoms with E-state index < -0.39 is 0 Å². The van der Waals surface area contributed by atoms with Crippen molar-refractivity contribution in [3.63, 3.8) is 0 Å². The third kappa shape index (κ3) is 8.22. The average molecular weight is 459 g/mol. The van der Waals surface area contributed by atoms with E-state index in [0.717, 1.165) is 46.3 Å². The molecule has 0 radical (unpaired) electrons. The average Bonchev–Trinajstić information content (AvgIpc) is 2.78. The first kappa shape index (κ1) is 26.4. The summed E-state index contributed by atoms with van der Waals surface area (Å²) >= 11 is 0. The predicted molar refractivity (Wildman–Crippen MR) is 136 cm³/mol. The van der Waals surface area contributed by atoms with Crippen LogP contribution in [-0.4, -0.2) is 51.1 Å².